The fourth-order valence-electron chi connectivity index (χ4n) is 4.42. The molecule has 0 bridgehead atoms. The van der Waals surface area contributed by atoms with E-state index in [9.17, 15) is 9.90 Å². The van der Waals surface area contributed by atoms with Gasteiger partial charge in [0, 0.05) is 25.4 Å². The molecule has 26 heavy (non-hydrogen) atoms. The second-order valence-corrected chi connectivity index (χ2v) is 7.58. The summed E-state index contributed by atoms with van der Waals surface area (Å²) in [6.07, 6.45) is 6.80. The molecule has 0 unspecified atom stereocenters. The molecule has 1 amide bonds. The fourth-order valence-corrected chi connectivity index (χ4v) is 4.42. The third kappa shape index (κ3) is 3.35. The van der Waals surface area contributed by atoms with Crippen molar-refractivity contribution in [2.75, 3.05) is 13.1 Å². The van der Waals surface area contributed by atoms with E-state index in [4.69, 9.17) is 0 Å². The number of tetrazole rings is 1. The number of benzene rings is 1. The van der Waals surface area contributed by atoms with Crippen LogP contribution in [0.1, 0.15) is 43.7 Å². The third-order valence-corrected chi connectivity index (χ3v) is 5.98. The predicted molar refractivity (Wildman–Crippen MR) is 95.1 cm³/mol. The predicted octanol–water partition coefficient (Wildman–Crippen LogP) is 1.61. The number of fused-ring (bicyclic) bond motifs is 1. The topological polar surface area (TPSA) is 84.1 Å². The molecule has 2 fully saturated rings. The lowest BCUT2D eigenvalue weighted by atomic mass is 9.71. The molecule has 2 aliphatic rings. The molecule has 1 aromatic heterocycles. The summed E-state index contributed by atoms with van der Waals surface area (Å²) in [6.45, 7) is 1.22. The summed E-state index contributed by atoms with van der Waals surface area (Å²) in [5, 5.41) is 22.3. The number of aliphatic hydroxyl groups is 1. The van der Waals surface area contributed by atoms with Crippen molar-refractivity contribution in [3.63, 3.8) is 0 Å². The number of likely N-dealkylation sites (tertiary alicyclic amines) is 1. The standard InChI is InChI=1S/C19H25N5O2/c25-18(23-11-10-19(26)9-5-4-8-16(19)13-23)17(24-14-20-21-22-24)12-15-6-2-1-3-7-15/h1-3,6-7,14,16-17,26H,4-5,8-13H2/t16-,17+,19-/m1/s1. The molecule has 0 radical (unpaired) electrons. The highest BCUT2D eigenvalue weighted by Crippen LogP contribution is 2.40. The number of hydrogen-bond donors (Lipinski definition) is 1. The zero-order valence-corrected chi connectivity index (χ0v) is 14.9. The Labute approximate surface area is 153 Å². The quantitative estimate of drug-likeness (QED) is 0.901. The van der Waals surface area contributed by atoms with Gasteiger partial charge in [-0.3, -0.25) is 4.79 Å². The number of carbonyl (C=O) groups excluding carboxylic acids is 1. The van der Waals surface area contributed by atoms with Crippen LogP contribution in [0.15, 0.2) is 36.7 Å². The molecule has 1 N–H and O–H groups in total. The second-order valence-electron chi connectivity index (χ2n) is 7.58. The van der Waals surface area contributed by atoms with Gasteiger partial charge in [-0.15, -0.1) is 5.10 Å². The van der Waals surface area contributed by atoms with Gasteiger partial charge in [-0.1, -0.05) is 43.2 Å². The molecular weight excluding hydrogens is 330 g/mol. The van der Waals surface area contributed by atoms with Crippen LogP contribution in [0.2, 0.25) is 0 Å². The van der Waals surface area contributed by atoms with Crippen molar-refractivity contribution in [2.45, 2.75) is 50.2 Å². The summed E-state index contributed by atoms with van der Waals surface area (Å²) in [5.74, 6) is 0.217. The van der Waals surface area contributed by atoms with E-state index in [1.54, 1.807) is 4.68 Å². The maximum Gasteiger partial charge on any atom is 0.247 e. The molecule has 1 aliphatic heterocycles. The van der Waals surface area contributed by atoms with Crippen LogP contribution in [-0.2, 0) is 11.2 Å². The Kier molecular flexibility index (Phi) is 4.72. The summed E-state index contributed by atoms with van der Waals surface area (Å²) < 4.78 is 1.55. The highest BCUT2D eigenvalue weighted by molar-refractivity contribution is 5.80. The smallest absolute Gasteiger partial charge is 0.247 e. The van der Waals surface area contributed by atoms with Gasteiger partial charge in [0.1, 0.15) is 12.4 Å². The summed E-state index contributed by atoms with van der Waals surface area (Å²) in [5.41, 5.74) is 0.492. The van der Waals surface area contributed by atoms with Gasteiger partial charge in [0.05, 0.1) is 5.60 Å². The molecule has 1 aliphatic carbocycles. The van der Waals surface area contributed by atoms with Crippen LogP contribution in [-0.4, -0.2) is 54.8 Å². The molecule has 3 atom stereocenters. The first-order chi connectivity index (χ1) is 12.7. The van der Waals surface area contributed by atoms with Crippen molar-refractivity contribution >= 4 is 5.91 Å². The molecule has 2 heterocycles. The van der Waals surface area contributed by atoms with Gasteiger partial charge in [0.25, 0.3) is 0 Å². The lowest BCUT2D eigenvalue weighted by Crippen LogP contribution is -2.55. The summed E-state index contributed by atoms with van der Waals surface area (Å²) in [4.78, 5) is 15.2. The Morgan fingerprint density at radius 1 is 1.27 bits per heavy atom. The first-order valence-electron chi connectivity index (χ1n) is 9.43. The molecule has 4 rings (SSSR count). The van der Waals surface area contributed by atoms with E-state index >= 15 is 0 Å². The zero-order valence-electron chi connectivity index (χ0n) is 14.9. The number of piperidine rings is 1. The van der Waals surface area contributed by atoms with Crippen LogP contribution < -0.4 is 0 Å². The molecule has 1 saturated carbocycles. The minimum atomic E-state index is -0.585. The van der Waals surface area contributed by atoms with E-state index in [1.807, 2.05) is 35.2 Å². The van der Waals surface area contributed by atoms with E-state index < -0.39 is 11.6 Å². The average Bonchev–Trinajstić information content (AvgIpc) is 3.20. The van der Waals surface area contributed by atoms with Crippen LogP contribution in [0.25, 0.3) is 0 Å². The fraction of sp³-hybridized carbons (Fsp3) is 0.579. The number of hydrogen-bond acceptors (Lipinski definition) is 5. The monoisotopic (exact) mass is 355 g/mol. The lowest BCUT2D eigenvalue weighted by Gasteiger charge is -2.47. The van der Waals surface area contributed by atoms with E-state index in [-0.39, 0.29) is 11.8 Å². The van der Waals surface area contributed by atoms with Crippen molar-refractivity contribution in [1.82, 2.24) is 25.1 Å². The second kappa shape index (κ2) is 7.15. The highest BCUT2D eigenvalue weighted by atomic mass is 16.3. The SMILES string of the molecule is O=C([C@H](Cc1ccccc1)n1cnnn1)N1CC[C@]2(O)CCCC[C@@H]2C1. The van der Waals surface area contributed by atoms with Gasteiger partial charge < -0.3 is 10.0 Å². The van der Waals surface area contributed by atoms with Crippen LogP contribution in [0, 0.1) is 5.92 Å². The molecule has 138 valence electrons. The van der Waals surface area contributed by atoms with E-state index in [1.165, 1.54) is 6.33 Å². The number of nitrogens with zero attached hydrogens (tertiary/aromatic N) is 5. The van der Waals surface area contributed by atoms with Crippen molar-refractivity contribution in [1.29, 1.82) is 0 Å². The molecule has 7 nitrogen and oxygen atoms in total. The third-order valence-electron chi connectivity index (χ3n) is 5.98. The van der Waals surface area contributed by atoms with Crippen LogP contribution in [0.3, 0.4) is 0 Å². The molecule has 1 aromatic carbocycles. The Balaban J connectivity index is 1.53. The van der Waals surface area contributed by atoms with Gasteiger partial charge in [-0.2, -0.15) is 0 Å². The van der Waals surface area contributed by atoms with Crippen LogP contribution >= 0.6 is 0 Å². The van der Waals surface area contributed by atoms with Crippen molar-refractivity contribution in [2.24, 2.45) is 5.92 Å². The van der Waals surface area contributed by atoms with Gasteiger partial charge in [0.15, 0.2) is 0 Å². The molecule has 7 heteroatoms. The Morgan fingerprint density at radius 2 is 2.12 bits per heavy atom. The van der Waals surface area contributed by atoms with Gasteiger partial charge >= 0.3 is 0 Å². The Bertz CT molecular complexity index is 736. The molecular formula is C19H25N5O2. The summed E-state index contributed by atoms with van der Waals surface area (Å²) in [7, 11) is 0. The number of rotatable bonds is 4. The van der Waals surface area contributed by atoms with E-state index in [2.05, 4.69) is 15.5 Å². The number of aromatic nitrogens is 4. The van der Waals surface area contributed by atoms with Crippen molar-refractivity contribution in [3.8, 4) is 0 Å². The number of amides is 1. The van der Waals surface area contributed by atoms with Crippen LogP contribution in [0.5, 0.6) is 0 Å². The molecule has 0 spiro atoms. The van der Waals surface area contributed by atoms with E-state index in [0.717, 1.165) is 31.2 Å². The van der Waals surface area contributed by atoms with Crippen molar-refractivity contribution in [3.05, 3.63) is 42.2 Å². The summed E-state index contributed by atoms with van der Waals surface area (Å²) in [6, 6.07) is 9.48. The largest absolute Gasteiger partial charge is 0.389 e. The van der Waals surface area contributed by atoms with Crippen LogP contribution in [0.4, 0.5) is 0 Å². The first kappa shape index (κ1) is 17.1. The maximum absolute atomic E-state index is 13.3. The lowest BCUT2D eigenvalue weighted by molar-refractivity contribution is -0.147. The maximum atomic E-state index is 13.3. The van der Waals surface area contributed by atoms with Gasteiger partial charge in [-0.25, -0.2) is 4.68 Å². The minimum absolute atomic E-state index is 0.0359. The highest BCUT2D eigenvalue weighted by Gasteiger charge is 2.44. The van der Waals surface area contributed by atoms with E-state index in [0.29, 0.717) is 25.9 Å². The van der Waals surface area contributed by atoms with Gasteiger partial charge in [0.2, 0.25) is 5.91 Å². The number of carbonyl (C=O) groups is 1. The summed E-state index contributed by atoms with van der Waals surface area (Å²) >= 11 is 0. The molecule has 2 aromatic rings. The van der Waals surface area contributed by atoms with Crippen molar-refractivity contribution < 1.29 is 9.90 Å². The van der Waals surface area contributed by atoms with Gasteiger partial charge in [-0.05, 0) is 35.3 Å². The normalized spacial score (nSPS) is 27.0. The zero-order chi connectivity index (χ0) is 18.0. The average molecular weight is 355 g/mol. The molecule has 1 saturated heterocycles. The minimum Gasteiger partial charge on any atom is -0.389 e. The first-order valence-corrected chi connectivity index (χ1v) is 9.43. The Hall–Kier alpha value is -2.28. The Morgan fingerprint density at radius 3 is 2.88 bits per heavy atom.